The predicted molar refractivity (Wildman–Crippen MR) is 143 cm³/mol. The van der Waals surface area contributed by atoms with Crippen molar-refractivity contribution in [2.75, 3.05) is 6.61 Å². The summed E-state index contributed by atoms with van der Waals surface area (Å²) in [6.45, 7) is 2.90. The van der Waals surface area contributed by atoms with Crippen molar-refractivity contribution in [3.8, 4) is 11.4 Å². The quantitative estimate of drug-likeness (QED) is 0.323. The van der Waals surface area contributed by atoms with Crippen LogP contribution in [0.15, 0.2) is 76.3 Å². The largest absolute Gasteiger partial charge is 0.494 e. The van der Waals surface area contributed by atoms with Gasteiger partial charge in [-0.1, -0.05) is 42.5 Å². The van der Waals surface area contributed by atoms with Gasteiger partial charge in [0.2, 0.25) is 0 Å². The summed E-state index contributed by atoms with van der Waals surface area (Å²) < 4.78 is 8.71. The Balaban J connectivity index is 1.62. The third-order valence-corrected chi connectivity index (χ3v) is 8.17. The topological polar surface area (TPSA) is 53.2 Å². The minimum atomic E-state index is -0.307. The molecule has 176 valence electrons. The molecule has 0 aliphatic heterocycles. The molecule has 0 spiro atoms. The van der Waals surface area contributed by atoms with Crippen LogP contribution >= 0.6 is 11.3 Å². The summed E-state index contributed by atoms with van der Waals surface area (Å²) in [6, 6.07) is 21.6. The minimum absolute atomic E-state index is 0.220. The lowest BCUT2D eigenvalue weighted by Gasteiger charge is -2.15. The van der Waals surface area contributed by atoms with Crippen LogP contribution in [0.1, 0.15) is 35.8 Å². The smallest absolute Gasteiger partial charge is 0.337 e. The van der Waals surface area contributed by atoms with Gasteiger partial charge in [-0.05, 0) is 78.8 Å². The zero-order valence-electron chi connectivity index (χ0n) is 19.6. The van der Waals surface area contributed by atoms with E-state index in [0.717, 1.165) is 58.2 Å². The van der Waals surface area contributed by atoms with Gasteiger partial charge in [0.1, 0.15) is 10.6 Å². The summed E-state index contributed by atoms with van der Waals surface area (Å²) in [5.41, 5.74) is 2.23. The number of benzene rings is 3. The second kappa shape index (κ2) is 8.86. The van der Waals surface area contributed by atoms with E-state index >= 15 is 0 Å². The van der Waals surface area contributed by atoms with Gasteiger partial charge in [0.15, 0.2) is 0 Å². The molecule has 35 heavy (non-hydrogen) atoms. The van der Waals surface area contributed by atoms with Crippen molar-refractivity contribution in [3.05, 3.63) is 104 Å². The summed E-state index contributed by atoms with van der Waals surface area (Å²) >= 11 is 1.62. The summed E-state index contributed by atoms with van der Waals surface area (Å²) in [6.07, 6.45) is 4.06. The van der Waals surface area contributed by atoms with E-state index in [2.05, 4.69) is 24.3 Å². The van der Waals surface area contributed by atoms with Gasteiger partial charge in [0, 0.05) is 4.88 Å². The predicted octanol–water partition coefficient (Wildman–Crippen LogP) is 5.69. The summed E-state index contributed by atoms with van der Waals surface area (Å²) in [7, 11) is 0. The van der Waals surface area contributed by atoms with Crippen molar-refractivity contribution in [1.29, 1.82) is 0 Å². The second-order valence-corrected chi connectivity index (χ2v) is 10.0. The van der Waals surface area contributed by atoms with Crippen LogP contribution < -0.4 is 16.0 Å². The second-order valence-electron chi connectivity index (χ2n) is 8.97. The van der Waals surface area contributed by atoms with Crippen LogP contribution in [0.3, 0.4) is 0 Å². The number of thiophene rings is 1. The van der Waals surface area contributed by atoms with Crippen LogP contribution in [-0.2, 0) is 19.4 Å². The number of aromatic nitrogens is 2. The summed E-state index contributed by atoms with van der Waals surface area (Å²) in [5, 5.41) is 2.97. The van der Waals surface area contributed by atoms with Gasteiger partial charge in [-0.3, -0.25) is 9.36 Å². The highest BCUT2D eigenvalue weighted by molar-refractivity contribution is 7.18. The highest BCUT2D eigenvalue weighted by Crippen LogP contribution is 2.35. The normalized spacial score (nSPS) is 13.3. The zero-order valence-corrected chi connectivity index (χ0v) is 20.4. The molecule has 0 unspecified atom stereocenters. The van der Waals surface area contributed by atoms with Gasteiger partial charge < -0.3 is 4.74 Å². The fourth-order valence-electron chi connectivity index (χ4n) is 5.19. The Hall–Kier alpha value is -3.64. The fraction of sp³-hybridized carbons (Fsp3) is 0.241. The molecule has 0 saturated heterocycles. The van der Waals surface area contributed by atoms with Gasteiger partial charge in [-0.25, -0.2) is 9.36 Å². The number of aryl methyl sites for hydroxylation is 2. The van der Waals surface area contributed by atoms with Gasteiger partial charge in [0.25, 0.3) is 5.56 Å². The number of hydrogen-bond donors (Lipinski definition) is 0. The molecule has 1 aliphatic carbocycles. The average molecular weight is 483 g/mol. The molecule has 0 N–H and O–H groups in total. The third kappa shape index (κ3) is 3.69. The van der Waals surface area contributed by atoms with Gasteiger partial charge in [-0.2, -0.15) is 0 Å². The Morgan fingerprint density at radius 2 is 1.69 bits per heavy atom. The van der Waals surface area contributed by atoms with Crippen molar-refractivity contribution in [3.63, 3.8) is 0 Å². The van der Waals surface area contributed by atoms with Gasteiger partial charge >= 0.3 is 5.69 Å². The maximum absolute atomic E-state index is 14.0. The highest BCUT2D eigenvalue weighted by atomic mass is 32.1. The van der Waals surface area contributed by atoms with E-state index in [1.165, 1.54) is 9.44 Å². The molecule has 0 amide bonds. The molecule has 1 aliphatic rings. The zero-order chi connectivity index (χ0) is 23.9. The molecule has 3 aromatic carbocycles. The van der Waals surface area contributed by atoms with Crippen molar-refractivity contribution in [2.24, 2.45) is 0 Å². The van der Waals surface area contributed by atoms with Crippen LogP contribution in [0.25, 0.3) is 26.7 Å². The van der Waals surface area contributed by atoms with Gasteiger partial charge in [-0.15, -0.1) is 11.3 Å². The Morgan fingerprint density at radius 3 is 2.51 bits per heavy atom. The van der Waals surface area contributed by atoms with Crippen LogP contribution in [0.2, 0.25) is 0 Å². The minimum Gasteiger partial charge on any atom is -0.494 e. The molecule has 0 bridgehead atoms. The number of ether oxygens (including phenoxy) is 1. The number of rotatable bonds is 5. The highest BCUT2D eigenvalue weighted by Gasteiger charge is 2.24. The number of nitrogens with zero attached hydrogens (tertiary/aromatic N) is 2. The lowest BCUT2D eigenvalue weighted by atomic mass is 9.97. The van der Waals surface area contributed by atoms with E-state index in [0.29, 0.717) is 24.2 Å². The Bertz CT molecular complexity index is 1670. The lowest BCUT2D eigenvalue weighted by Crippen LogP contribution is -2.39. The van der Waals surface area contributed by atoms with E-state index in [1.807, 2.05) is 37.3 Å². The van der Waals surface area contributed by atoms with Crippen molar-refractivity contribution < 1.29 is 4.74 Å². The molecule has 0 saturated carbocycles. The molecule has 0 fully saturated rings. The molecule has 5 aromatic rings. The molecule has 6 rings (SSSR count). The molecule has 2 heterocycles. The fourth-order valence-corrected chi connectivity index (χ4v) is 6.57. The van der Waals surface area contributed by atoms with E-state index in [4.69, 9.17) is 4.74 Å². The van der Waals surface area contributed by atoms with Gasteiger partial charge in [0.05, 0.1) is 24.2 Å². The van der Waals surface area contributed by atoms with Crippen LogP contribution in [-0.4, -0.2) is 15.7 Å². The molecule has 2 aromatic heterocycles. The molecule has 0 atom stereocenters. The molecular formula is C29H26N2O3S. The SMILES string of the molecule is CCOc1ccc(-n2c(=O)c3c4c(sc3n(Cc3cccc5ccccc35)c2=O)CCCC4)cc1. The summed E-state index contributed by atoms with van der Waals surface area (Å²) in [5.74, 6) is 0.717. The van der Waals surface area contributed by atoms with Crippen molar-refractivity contribution >= 4 is 32.3 Å². The number of hydrogen-bond acceptors (Lipinski definition) is 4. The maximum atomic E-state index is 14.0. The first-order valence-electron chi connectivity index (χ1n) is 12.2. The molecular weight excluding hydrogens is 456 g/mol. The first-order chi connectivity index (χ1) is 17.2. The Labute approximate surface area is 206 Å². The monoisotopic (exact) mass is 482 g/mol. The van der Waals surface area contributed by atoms with Crippen molar-refractivity contribution in [2.45, 2.75) is 39.2 Å². The first-order valence-corrected chi connectivity index (χ1v) is 13.0. The van der Waals surface area contributed by atoms with Crippen molar-refractivity contribution in [1.82, 2.24) is 9.13 Å². The van der Waals surface area contributed by atoms with Crippen LogP contribution in [0, 0.1) is 0 Å². The van der Waals surface area contributed by atoms with E-state index in [-0.39, 0.29) is 11.2 Å². The Morgan fingerprint density at radius 1 is 0.914 bits per heavy atom. The summed E-state index contributed by atoms with van der Waals surface area (Å²) in [4.78, 5) is 29.8. The standard InChI is InChI=1S/C29H26N2O3S/c1-2-34-22-16-14-21(15-17-22)31-27(32)26-24-12-5-6-13-25(24)35-28(26)30(29(31)33)18-20-10-7-9-19-8-3-4-11-23(19)20/h3-4,7-11,14-17H,2,5-6,12-13,18H2,1H3. The van der Waals surface area contributed by atoms with E-state index in [9.17, 15) is 9.59 Å². The van der Waals surface area contributed by atoms with E-state index in [1.54, 1.807) is 28.0 Å². The maximum Gasteiger partial charge on any atom is 0.337 e. The van der Waals surface area contributed by atoms with Crippen LogP contribution in [0.5, 0.6) is 5.75 Å². The first kappa shape index (κ1) is 21.9. The Kier molecular flexibility index (Phi) is 5.53. The lowest BCUT2D eigenvalue weighted by molar-refractivity contribution is 0.340. The number of fused-ring (bicyclic) bond motifs is 4. The molecule has 0 radical (unpaired) electrons. The molecule has 6 heteroatoms. The third-order valence-electron chi connectivity index (χ3n) is 6.85. The molecule has 5 nitrogen and oxygen atoms in total. The van der Waals surface area contributed by atoms with Crippen LogP contribution in [0.4, 0.5) is 0 Å². The van der Waals surface area contributed by atoms with E-state index < -0.39 is 0 Å². The average Bonchev–Trinajstić information content (AvgIpc) is 3.28.